The molecule has 0 aliphatic carbocycles. The van der Waals surface area contributed by atoms with Crippen molar-refractivity contribution in [2.75, 3.05) is 13.2 Å². The Hall–Kier alpha value is -1.19. The van der Waals surface area contributed by atoms with E-state index in [4.69, 9.17) is 9.47 Å². The van der Waals surface area contributed by atoms with Crippen molar-refractivity contribution in [2.45, 2.75) is 32.0 Å². The van der Waals surface area contributed by atoms with Gasteiger partial charge in [-0.2, -0.15) is 0 Å². The van der Waals surface area contributed by atoms with Gasteiger partial charge >= 0.3 is 0 Å². The van der Waals surface area contributed by atoms with E-state index in [1.807, 2.05) is 38.1 Å². The molecule has 0 saturated carbocycles. The molecule has 1 unspecified atom stereocenters. The van der Waals surface area contributed by atoms with Crippen LogP contribution in [-0.2, 0) is 19.7 Å². The van der Waals surface area contributed by atoms with Crippen molar-refractivity contribution in [1.29, 1.82) is 0 Å². The van der Waals surface area contributed by atoms with E-state index >= 15 is 0 Å². The third-order valence-corrected chi connectivity index (χ3v) is 3.25. The molecule has 1 aliphatic rings. The quantitative estimate of drug-likeness (QED) is 0.749. The second-order valence-corrected chi connectivity index (χ2v) is 4.78. The highest BCUT2D eigenvalue weighted by atomic mass is 16.7. The van der Waals surface area contributed by atoms with E-state index in [0.29, 0.717) is 19.6 Å². The van der Waals surface area contributed by atoms with Crippen LogP contribution < -0.4 is 0 Å². The number of hydrogen-bond acceptors (Lipinski definition) is 3. The van der Waals surface area contributed by atoms with Crippen LogP contribution >= 0.6 is 0 Å². The summed E-state index contributed by atoms with van der Waals surface area (Å²) in [4.78, 5) is 11.4. The fourth-order valence-electron chi connectivity index (χ4n) is 2.04. The van der Waals surface area contributed by atoms with E-state index in [0.717, 1.165) is 11.8 Å². The van der Waals surface area contributed by atoms with Gasteiger partial charge < -0.3 is 14.3 Å². The van der Waals surface area contributed by atoms with Gasteiger partial charge in [-0.15, -0.1) is 0 Å². The Bertz CT molecular complexity index is 379. The van der Waals surface area contributed by atoms with Gasteiger partial charge in [0.15, 0.2) is 6.29 Å². The minimum absolute atomic E-state index is 0.258. The van der Waals surface area contributed by atoms with Crippen LogP contribution in [0.2, 0.25) is 0 Å². The number of rotatable bonds is 4. The molecule has 3 nitrogen and oxygen atoms in total. The summed E-state index contributed by atoms with van der Waals surface area (Å²) in [7, 11) is 0. The van der Waals surface area contributed by atoms with Gasteiger partial charge in [0.2, 0.25) is 0 Å². The van der Waals surface area contributed by atoms with Crippen LogP contribution in [-0.4, -0.2) is 25.8 Å². The van der Waals surface area contributed by atoms with Crippen molar-refractivity contribution in [1.82, 2.24) is 0 Å². The Balaban J connectivity index is 2.17. The van der Waals surface area contributed by atoms with Crippen LogP contribution in [0.5, 0.6) is 0 Å². The van der Waals surface area contributed by atoms with Crippen molar-refractivity contribution in [2.24, 2.45) is 0 Å². The molecule has 1 aliphatic heterocycles. The molecule has 92 valence electrons. The number of carbonyl (C=O) groups is 1. The zero-order valence-corrected chi connectivity index (χ0v) is 10.3. The van der Waals surface area contributed by atoms with Crippen molar-refractivity contribution < 1.29 is 14.3 Å². The fraction of sp³-hybridized carbons (Fsp3) is 0.500. The predicted octanol–water partition coefficient (Wildman–Crippen LogP) is 2.21. The number of aldehydes is 1. The number of benzene rings is 1. The molecule has 2 rings (SSSR count). The Morgan fingerprint density at radius 1 is 1.29 bits per heavy atom. The van der Waals surface area contributed by atoms with E-state index in [-0.39, 0.29) is 6.29 Å². The average Bonchev–Trinajstić information content (AvgIpc) is 2.82. The molecule has 0 radical (unpaired) electrons. The monoisotopic (exact) mass is 234 g/mol. The molecule has 3 heteroatoms. The normalized spacial score (nSPS) is 20.1. The zero-order chi connectivity index (χ0) is 12.3. The molecule has 0 bridgehead atoms. The van der Waals surface area contributed by atoms with Crippen molar-refractivity contribution >= 4 is 6.29 Å². The SMILES string of the molecule is Cc1ccc(C(C)(C=O)CC2OCCO2)cc1. The molecule has 0 aromatic heterocycles. The summed E-state index contributed by atoms with van der Waals surface area (Å²) in [5, 5.41) is 0. The minimum Gasteiger partial charge on any atom is -0.350 e. The summed E-state index contributed by atoms with van der Waals surface area (Å²) in [6.07, 6.45) is 1.30. The molecule has 0 spiro atoms. The maximum Gasteiger partial charge on any atom is 0.159 e. The van der Waals surface area contributed by atoms with E-state index < -0.39 is 5.41 Å². The Morgan fingerprint density at radius 3 is 2.41 bits per heavy atom. The summed E-state index contributed by atoms with van der Waals surface area (Å²) in [5.41, 5.74) is 1.66. The maximum absolute atomic E-state index is 11.4. The van der Waals surface area contributed by atoms with Gasteiger partial charge in [0, 0.05) is 6.42 Å². The topological polar surface area (TPSA) is 35.5 Å². The Morgan fingerprint density at radius 2 is 1.88 bits per heavy atom. The summed E-state index contributed by atoms with van der Waals surface area (Å²) in [6.45, 7) is 5.20. The average molecular weight is 234 g/mol. The van der Waals surface area contributed by atoms with Crippen molar-refractivity contribution in [3.8, 4) is 0 Å². The first kappa shape index (κ1) is 12.3. The van der Waals surface area contributed by atoms with E-state index in [9.17, 15) is 4.79 Å². The highest BCUT2D eigenvalue weighted by Gasteiger charge is 2.32. The smallest absolute Gasteiger partial charge is 0.159 e. The standard InChI is InChI=1S/C14H18O3/c1-11-3-5-12(6-4-11)14(2,10-15)9-13-16-7-8-17-13/h3-6,10,13H,7-9H2,1-2H3. The van der Waals surface area contributed by atoms with Gasteiger partial charge in [-0.25, -0.2) is 0 Å². The van der Waals surface area contributed by atoms with Crippen LogP contribution in [0.15, 0.2) is 24.3 Å². The molecule has 1 fully saturated rings. The first-order valence-electron chi connectivity index (χ1n) is 5.91. The summed E-state index contributed by atoms with van der Waals surface area (Å²) in [6, 6.07) is 8.04. The first-order chi connectivity index (χ1) is 8.14. The number of hydrogen-bond donors (Lipinski definition) is 0. The maximum atomic E-state index is 11.4. The third-order valence-electron chi connectivity index (χ3n) is 3.25. The fourth-order valence-corrected chi connectivity index (χ4v) is 2.04. The largest absolute Gasteiger partial charge is 0.350 e. The van der Waals surface area contributed by atoms with Crippen LogP contribution in [0.3, 0.4) is 0 Å². The van der Waals surface area contributed by atoms with E-state index in [1.54, 1.807) is 0 Å². The molecular formula is C14H18O3. The molecule has 1 aromatic rings. The Labute approximate surface area is 102 Å². The summed E-state index contributed by atoms with van der Waals surface area (Å²) in [5.74, 6) is 0. The molecule has 17 heavy (non-hydrogen) atoms. The van der Waals surface area contributed by atoms with E-state index in [2.05, 4.69) is 0 Å². The van der Waals surface area contributed by atoms with Gasteiger partial charge in [0.1, 0.15) is 6.29 Å². The van der Waals surface area contributed by atoms with Gasteiger partial charge in [-0.05, 0) is 19.4 Å². The second kappa shape index (κ2) is 4.98. The number of ether oxygens (including phenoxy) is 2. The van der Waals surface area contributed by atoms with Gasteiger partial charge in [-0.1, -0.05) is 29.8 Å². The lowest BCUT2D eigenvalue weighted by Crippen LogP contribution is -2.30. The highest BCUT2D eigenvalue weighted by molar-refractivity contribution is 5.68. The highest BCUT2D eigenvalue weighted by Crippen LogP contribution is 2.29. The molecule has 0 N–H and O–H groups in total. The Kier molecular flexibility index (Phi) is 3.60. The third kappa shape index (κ3) is 2.73. The zero-order valence-electron chi connectivity index (χ0n) is 10.3. The second-order valence-electron chi connectivity index (χ2n) is 4.78. The lowest BCUT2D eigenvalue weighted by atomic mass is 9.80. The lowest BCUT2D eigenvalue weighted by Gasteiger charge is -2.26. The number of aryl methyl sites for hydroxylation is 1. The van der Waals surface area contributed by atoms with E-state index in [1.165, 1.54) is 5.56 Å². The molecule has 0 amide bonds. The van der Waals surface area contributed by atoms with Gasteiger partial charge in [0.05, 0.1) is 18.6 Å². The van der Waals surface area contributed by atoms with Crippen LogP contribution in [0.25, 0.3) is 0 Å². The molecule has 1 saturated heterocycles. The lowest BCUT2D eigenvalue weighted by molar-refractivity contribution is -0.117. The van der Waals surface area contributed by atoms with Crippen LogP contribution in [0, 0.1) is 6.92 Å². The van der Waals surface area contributed by atoms with Crippen LogP contribution in [0.4, 0.5) is 0 Å². The molecule has 1 heterocycles. The van der Waals surface area contributed by atoms with Crippen molar-refractivity contribution in [3.05, 3.63) is 35.4 Å². The summed E-state index contributed by atoms with van der Waals surface area (Å²) < 4.78 is 10.8. The molecular weight excluding hydrogens is 216 g/mol. The van der Waals surface area contributed by atoms with Gasteiger partial charge in [-0.3, -0.25) is 0 Å². The minimum atomic E-state index is -0.539. The summed E-state index contributed by atoms with van der Waals surface area (Å²) >= 11 is 0. The molecule has 1 aromatic carbocycles. The number of carbonyl (C=O) groups excluding carboxylic acids is 1. The van der Waals surface area contributed by atoms with Gasteiger partial charge in [0.25, 0.3) is 0 Å². The molecule has 1 atom stereocenters. The van der Waals surface area contributed by atoms with Crippen LogP contribution in [0.1, 0.15) is 24.5 Å². The first-order valence-corrected chi connectivity index (χ1v) is 5.91. The predicted molar refractivity (Wildman–Crippen MR) is 64.9 cm³/mol. The van der Waals surface area contributed by atoms with Crippen molar-refractivity contribution in [3.63, 3.8) is 0 Å².